The molecule has 0 bridgehead atoms. The molecule has 1 fully saturated rings. The van der Waals surface area contributed by atoms with E-state index in [1.165, 1.54) is 11.3 Å². The van der Waals surface area contributed by atoms with Crippen LogP contribution < -0.4 is 5.32 Å². The van der Waals surface area contributed by atoms with Crippen molar-refractivity contribution in [2.45, 2.75) is 49.7 Å². The third-order valence-corrected chi connectivity index (χ3v) is 6.30. The Labute approximate surface area is 169 Å². The van der Waals surface area contributed by atoms with E-state index in [0.29, 0.717) is 23.1 Å². The van der Waals surface area contributed by atoms with Crippen LogP contribution in [0.3, 0.4) is 0 Å². The molecule has 2 rings (SSSR count). The summed E-state index contributed by atoms with van der Waals surface area (Å²) in [6.45, 7) is 2.30. The SMILES string of the molecule is CCC(Br)CC(c1ncc(Cl)s1)N1C(=O)NCC1OC(=O)CCCCl. The number of amides is 2. The molecule has 3 atom stereocenters. The fourth-order valence-electron chi connectivity index (χ4n) is 2.52. The molecule has 1 N–H and O–H groups in total. The fourth-order valence-corrected chi connectivity index (χ4v) is 4.05. The molecule has 1 aromatic heterocycles. The number of nitrogens with zero attached hydrogens (tertiary/aromatic N) is 2. The predicted molar refractivity (Wildman–Crippen MR) is 103 cm³/mol. The number of thiazole rings is 1. The van der Waals surface area contributed by atoms with Gasteiger partial charge in [-0.05, 0) is 19.3 Å². The number of hydrogen-bond acceptors (Lipinski definition) is 5. The zero-order chi connectivity index (χ0) is 18.4. The van der Waals surface area contributed by atoms with Gasteiger partial charge < -0.3 is 10.1 Å². The molecule has 6 nitrogen and oxygen atoms in total. The third-order valence-electron chi connectivity index (χ3n) is 3.79. The topological polar surface area (TPSA) is 71.5 Å². The number of alkyl halides is 2. The van der Waals surface area contributed by atoms with Crippen LogP contribution >= 0.6 is 50.5 Å². The van der Waals surface area contributed by atoms with Crippen molar-refractivity contribution in [3.63, 3.8) is 0 Å². The zero-order valence-corrected chi connectivity index (χ0v) is 17.6. The number of carbonyl (C=O) groups is 2. The van der Waals surface area contributed by atoms with Crippen molar-refractivity contribution in [1.82, 2.24) is 15.2 Å². The summed E-state index contributed by atoms with van der Waals surface area (Å²) in [5.74, 6) is 0.0248. The number of nitrogens with one attached hydrogen (secondary N) is 1. The number of urea groups is 1. The molecule has 1 aliphatic rings. The third kappa shape index (κ3) is 5.70. The Morgan fingerprint density at radius 2 is 2.40 bits per heavy atom. The second-order valence-electron chi connectivity index (χ2n) is 5.59. The van der Waals surface area contributed by atoms with E-state index in [-0.39, 0.29) is 35.8 Å². The minimum atomic E-state index is -0.667. The average Bonchev–Trinajstić information content (AvgIpc) is 3.17. The van der Waals surface area contributed by atoms with Gasteiger partial charge in [-0.2, -0.15) is 0 Å². The van der Waals surface area contributed by atoms with Gasteiger partial charge in [0.05, 0.1) is 18.8 Å². The lowest BCUT2D eigenvalue weighted by Gasteiger charge is -2.31. The minimum Gasteiger partial charge on any atom is -0.439 e. The van der Waals surface area contributed by atoms with Crippen molar-refractivity contribution in [2.75, 3.05) is 12.4 Å². The molecule has 140 valence electrons. The van der Waals surface area contributed by atoms with E-state index < -0.39 is 6.23 Å². The number of esters is 1. The molecule has 0 saturated carbocycles. The van der Waals surface area contributed by atoms with Crippen LogP contribution in [0.25, 0.3) is 0 Å². The standard InChI is InChI=1S/C15H20BrCl2N3O3S/c1-2-9(16)6-10(14-19-7-11(18)25-14)21-12(8-20-15(21)23)24-13(22)4-3-5-17/h7,9-10,12H,2-6,8H2,1H3,(H,20,23). The number of halogens is 3. The van der Waals surface area contributed by atoms with Gasteiger partial charge in [0.25, 0.3) is 0 Å². The van der Waals surface area contributed by atoms with E-state index in [9.17, 15) is 9.59 Å². The molecule has 2 heterocycles. The van der Waals surface area contributed by atoms with Crippen molar-refractivity contribution in [1.29, 1.82) is 0 Å². The van der Waals surface area contributed by atoms with Gasteiger partial charge in [0.2, 0.25) is 0 Å². The molecule has 10 heteroatoms. The van der Waals surface area contributed by atoms with Crippen LogP contribution in [-0.2, 0) is 9.53 Å². The van der Waals surface area contributed by atoms with Crippen LogP contribution in [0.5, 0.6) is 0 Å². The van der Waals surface area contributed by atoms with Crippen LogP contribution in [-0.4, -0.2) is 45.4 Å². The molecule has 0 spiro atoms. The number of ether oxygens (including phenoxy) is 1. The van der Waals surface area contributed by atoms with E-state index in [0.717, 1.165) is 11.4 Å². The second-order valence-corrected chi connectivity index (χ2v) is 8.96. The molecule has 3 unspecified atom stereocenters. The molecule has 1 saturated heterocycles. The Morgan fingerprint density at radius 1 is 1.64 bits per heavy atom. The largest absolute Gasteiger partial charge is 0.439 e. The molecule has 25 heavy (non-hydrogen) atoms. The van der Waals surface area contributed by atoms with Gasteiger partial charge >= 0.3 is 12.0 Å². The van der Waals surface area contributed by atoms with Crippen molar-refractivity contribution in [3.05, 3.63) is 15.5 Å². The van der Waals surface area contributed by atoms with Crippen LogP contribution in [0.15, 0.2) is 6.20 Å². The number of aromatic nitrogens is 1. The number of hydrogen-bond donors (Lipinski definition) is 1. The summed E-state index contributed by atoms with van der Waals surface area (Å²) in [6, 6.07) is -0.600. The highest BCUT2D eigenvalue weighted by molar-refractivity contribution is 9.09. The summed E-state index contributed by atoms with van der Waals surface area (Å²) in [4.78, 5) is 30.4. The van der Waals surface area contributed by atoms with Gasteiger partial charge in [-0.3, -0.25) is 9.69 Å². The molecule has 0 aliphatic carbocycles. The summed E-state index contributed by atoms with van der Waals surface area (Å²) in [5, 5.41) is 3.47. The van der Waals surface area contributed by atoms with Crippen molar-refractivity contribution in [2.24, 2.45) is 0 Å². The maximum atomic E-state index is 12.4. The van der Waals surface area contributed by atoms with Gasteiger partial charge in [0, 0.05) is 17.1 Å². The summed E-state index contributed by atoms with van der Waals surface area (Å²) in [6.07, 6.45) is 3.21. The molecule has 2 amide bonds. The van der Waals surface area contributed by atoms with E-state index >= 15 is 0 Å². The van der Waals surface area contributed by atoms with Crippen molar-refractivity contribution in [3.8, 4) is 0 Å². The minimum absolute atomic E-state index is 0.196. The van der Waals surface area contributed by atoms with Gasteiger partial charge in [-0.25, -0.2) is 9.78 Å². The summed E-state index contributed by atoms with van der Waals surface area (Å²) < 4.78 is 6.05. The Balaban J connectivity index is 2.19. The highest BCUT2D eigenvalue weighted by Crippen LogP contribution is 2.36. The first kappa shape index (κ1) is 20.7. The number of rotatable bonds is 9. The summed E-state index contributed by atoms with van der Waals surface area (Å²) in [5.41, 5.74) is 0. The zero-order valence-electron chi connectivity index (χ0n) is 13.7. The fraction of sp³-hybridized carbons (Fsp3) is 0.667. The Bertz CT molecular complexity index is 604. The van der Waals surface area contributed by atoms with Gasteiger partial charge in [0.1, 0.15) is 9.34 Å². The number of carbonyl (C=O) groups excluding carboxylic acids is 2. The first-order valence-electron chi connectivity index (χ1n) is 8.03. The first-order chi connectivity index (χ1) is 12.0. The van der Waals surface area contributed by atoms with E-state index in [4.69, 9.17) is 27.9 Å². The Morgan fingerprint density at radius 3 is 3.00 bits per heavy atom. The van der Waals surface area contributed by atoms with Gasteiger partial charge in [0.15, 0.2) is 6.23 Å². The molecular formula is C15H20BrCl2N3O3S. The normalized spacial score (nSPS) is 19.6. The van der Waals surface area contributed by atoms with Gasteiger partial charge in [-0.1, -0.05) is 34.5 Å². The quantitative estimate of drug-likeness (QED) is 0.429. The Hall–Kier alpha value is -0.570. The molecular weight excluding hydrogens is 453 g/mol. The molecule has 1 aromatic rings. The van der Waals surface area contributed by atoms with Crippen molar-refractivity contribution < 1.29 is 14.3 Å². The van der Waals surface area contributed by atoms with Crippen LogP contribution in [0.1, 0.15) is 43.7 Å². The van der Waals surface area contributed by atoms with Crippen LogP contribution in [0.2, 0.25) is 4.34 Å². The maximum Gasteiger partial charge on any atom is 0.321 e. The van der Waals surface area contributed by atoms with E-state index in [1.807, 2.05) is 0 Å². The lowest BCUT2D eigenvalue weighted by atomic mass is 10.1. The smallest absolute Gasteiger partial charge is 0.321 e. The maximum absolute atomic E-state index is 12.4. The summed E-state index contributed by atoms with van der Waals surface area (Å²) in [7, 11) is 0. The Kier molecular flexibility index (Phi) is 8.25. The van der Waals surface area contributed by atoms with Crippen molar-refractivity contribution >= 4 is 62.5 Å². The van der Waals surface area contributed by atoms with E-state index in [2.05, 4.69) is 33.2 Å². The first-order valence-corrected chi connectivity index (χ1v) is 10.7. The van der Waals surface area contributed by atoms with Crippen LogP contribution in [0.4, 0.5) is 4.79 Å². The summed E-state index contributed by atoms with van der Waals surface area (Å²) >= 11 is 16.6. The lowest BCUT2D eigenvalue weighted by Crippen LogP contribution is -2.41. The van der Waals surface area contributed by atoms with E-state index in [1.54, 1.807) is 11.1 Å². The highest BCUT2D eigenvalue weighted by Gasteiger charge is 2.41. The monoisotopic (exact) mass is 471 g/mol. The molecule has 0 aromatic carbocycles. The molecule has 0 radical (unpaired) electrons. The molecule has 1 aliphatic heterocycles. The highest BCUT2D eigenvalue weighted by atomic mass is 79.9. The second kappa shape index (κ2) is 9.94. The average molecular weight is 473 g/mol. The van der Waals surface area contributed by atoms with Crippen LogP contribution in [0, 0.1) is 0 Å². The van der Waals surface area contributed by atoms with Gasteiger partial charge in [-0.15, -0.1) is 22.9 Å². The lowest BCUT2D eigenvalue weighted by molar-refractivity contribution is -0.155. The predicted octanol–water partition coefficient (Wildman–Crippen LogP) is 4.31.